The number of esters is 1. The SMILES string of the molecule is CCOc1ccc(OCC(=O)Nc2ccsc2C(=O)OC)cc1. The van der Waals surface area contributed by atoms with Crippen LogP contribution in [0.25, 0.3) is 0 Å². The molecule has 0 aliphatic carbocycles. The molecule has 1 aromatic carbocycles. The molecule has 0 spiro atoms. The molecule has 0 bridgehead atoms. The Morgan fingerprint density at radius 2 is 1.74 bits per heavy atom. The number of anilines is 1. The Balaban J connectivity index is 1.88. The lowest BCUT2D eigenvalue weighted by Crippen LogP contribution is -2.21. The molecule has 1 amide bonds. The van der Waals surface area contributed by atoms with Gasteiger partial charge in [-0.2, -0.15) is 0 Å². The van der Waals surface area contributed by atoms with Gasteiger partial charge in [0.15, 0.2) is 6.61 Å². The highest BCUT2D eigenvalue weighted by Gasteiger charge is 2.15. The van der Waals surface area contributed by atoms with Crippen LogP contribution in [0.5, 0.6) is 11.5 Å². The summed E-state index contributed by atoms with van der Waals surface area (Å²) in [6, 6.07) is 8.63. The molecule has 0 atom stereocenters. The molecule has 7 heteroatoms. The zero-order chi connectivity index (χ0) is 16.7. The fourth-order valence-electron chi connectivity index (χ4n) is 1.79. The summed E-state index contributed by atoms with van der Waals surface area (Å²) in [5.41, 5.74) is 0.419. The highest BCUT2D eigenvalue weighted by Crippen LogP contribution is 2.23. The Bertz CT molecular complexity index is 665. The summed E-state index contributed by atoms with van der Waals surface area (Å²) in [5.74, 6) is 0.456. The van der Waals surface area contributed by atoms with Crippen molar-refractivity contribution in [3.05, 3.63) is 40.6 Å². The maximum atomic E-state index is 11.9. The van der Waals surface area contributed by atoms with E-state index < -0.39 is 5.97 Å². The quantitative estimate of drug-likeness (QED) is 0.788. The number of methoxy groups -OCH3 is 1. The average molecular weight is 335 g/mol. The molecule has 0 radical (unpaired) electrons. The van der Waals surface area contributed by atoms with Crippen molar-refractivity contribution >= 4 is 28.9 Å². The molecule has 0 aliphatic heterocycles. The molecule has 23 heavy (non-hydrogen) atoms. The predicted molar refractivity (Wildman–Crippen MR) is 87.4 cm³/mol. The summed E-state index contributed by atoms with van der Waals surface area (Å²) in [4.78, 5) is 23.8. The molecule has 0 saturated carbocycles. The van der Waals surface area contributed by atoms with Crippen LogP contribution in [0.4, 0.5) is 5.69 Å². The standard InChI is InChI=1S/C16H17NO5S/c1-3-21-11-4-6-12(7-5-11)22-10-14(18)17-13-8-9-23-15(13)16(19)20-2/h4-9H,3,10H2,1-2H3,(H,17,18). The summed E-state index contributed by atoms with van der Waals surface area (Å²) in [6.45, 7) is 2.33. The number of amides is 1. The van der Waals surface area contributed by atoms with Gasteiger partial charge >= 0.3 is 5.97 Å². The third-order valence-corrected chi connectivity index (χ3v) is 3.71. The first-order valence-electron chi connectivity index (χ1n) is 6.95. The van der Waals surface area contributed by atoms with E-state index in [9.17, 15) is 9.59 Å². The third-order valence-electron chi connectivity index (χ3n) is 2.81. The highest BCUT2D eigenvalue weighted by atomic mass is 32.1. The zero-order valence-electron chi connectivity index (χ0n) is 12.8. The molecule has 122 valence electrons. The normalized spacial score (nSPS) is 10.0. The van der Waals surface area contributed by atoms with Crippen molar-refractivity contribution in [1.29, 1.82) is 0 Å². The summed E-state index contributed by atoms with van der Waals surface area (Å²) in [5, 5.41) is 4.33. The highest BCUT2D eigenvalue weighted by molar-refractivity contribution is 7.12. The van der Waals surface area contributed by atoms with Gasteiger partial charge in [0.2, 0.25) is 0 Å². The molecule has 6 nitrogen and oxygen atoms in total. The fraction of sp³-hybridized carbons (Fsp3) is 0.250. The number of thiophene rings is 1. The van der Waals surface area contributed by atoms with Gasteiger partial charge in [-0.05, 0) is 42.6 Å². The maximum Gasteiger partial charge on any atom is 0.350 e. The van der Waals surface area contributed by atoms with E-state index in [1.807, 2.05) is 6.92 Å². The molecule has 1 aromatic heterocycles. The van der Waals surface area contributed by atoms with Crippen LogP contribution in [0, 0.1) is 0 Å². The minimum atomic E-state index is -0.484. The Labute approximate surface area is 138 Å². The van der Waals surface area contributed by atoms with Crippen LogP contribution < -0.4 is 14.8 Å². The lowest BCUT2D eigenvalue weighted by Gasteiger charge is -2.08. The number of nitrogens with one attached hydrogen (secondary N) is 1. The van der Waals surface area contributed by atoms with Gasteiger partial charge in [0, 0.05) is 0 Å². The van der Waals surface area contributed by atoms with Crippen molar-refractivity contribution in [2.24, 2.45) is 0 Å². The van der Waals surface area contributed by atoms with E-state index in [0.717, 1.165) is 5.75 Å². The van der Waals surface area contributed by atoms with Gasteiger partial charge in [-0.1, -0.05) is 0 Å². The number of carbonyl (C=O) groups is 2. The van der Waals surface area contributed by atoms with E-state index in [1.54, 1.807) is 35.7 Å². The first-order valence-corrected chi connectivity index (χ1v) is 7.83. The van der Waals surface area contributed by atoms with E-state index >= 15 is 0 Å². The molecular formula is C16H17NO5S. The summed E-state index contributed by atoms with van der Waals surface area (Å²) < 4.78 is 15.4. The molecule has 0 unspecified atom stereocenters. The number of benzene rings is 1. The summed E-state index contributed by atoms with van der Waals surface area (Å²) >= 11 is 1.20. The van der Waals surface area contributed by atoms with E-state index in [1.165, 1.54) is 18.4 Å². The molecule has 0 fully saturated rings. The smallest absolute Gasteiger partial charge is 0.350 e. The van der Waals surface area contributed by atoms with E-state index in [2.05, 4.69) is 10.1 Å². The number of rotatable bonds is 7. The van der Waals surface area contributed by atoms with E-state index in [4.69, 9.17) is 9.47 Å². The number of hydrogen-bond donors (Lipinski definition) is 1. The van der Waals surface area contributed by atoms with Crippen LogP contribution in [0.1, 0.15) is 16.6 Å². The van der Waals surface area contributed by atoms with Crippen molar-refractivity contribution in [2.45, 2.75) is 6.92 Å². The third kappa shape index (κ3) is 4.72. The first kappa shape index (κ1) is 16.8. The molecule has 2 aromatic rings. The predicted octanol–water partition coefficient (Wildman–Crippen LogP) is 2.95. The topological polar surface area (TPSA) is 73.9 Å². The second-order valence-corrected chi connectivity index (χ2v) is 5.31. The lowest BCUT2D eigenvalue weighted by atomic mass is 10.3. The zero-order valence-corrected chi connectivity index (χ0v) is 13.6. The van der Waals surface area contributed by atoms with Crippen molar-refractivity contribution in [3.8, 4) is 11.5 Å². The minimum absolute atomic E-state index is 0.162. The Morgan fingerprint density at radius 1 is 1.09 bits per heavy atom. The number of hydrogen-bond acceptors (Lipinski definition) is 6. The van der Waals surface area contributed by atoms with E-state index in [0.29, 0.717) is 22.9 Å². The number of carbonyl (C=O) groups excluding carboxylic acids is 2. The second kappa shape index (κ2) is 8.19. The molecule has 1 N–H and O–H groups in total. The second-order valence-electron chi connectivity index (χ2n) is 4.40. The van der Waals surface area contributed by atoms with Gasteiger partial charge in [0.1, 0.15) is 16.4 Å². The van der Waals surface area contributed by atoms with Crippen LogP contribution in [-0.2, 0) is 9.53 Å². The lowest BCUT2D eigenvalue weighted by molar-refractivity contribution is -0.118. The maximum absolute atomic E-state index is 11.9. The van der Waals surface area contributed by atoms with Crippen molar-refractivity contribution in [3.63, 3.8) is 0 Å². The van der Waals surface area contributed by atoms with Gasteiger partial charge in [0.05, 0.1) is 19.4 Å². The summed E-state index contributed by atoms with van der Waals surface area (Å²) in [6.07, 6.45) is 0. The first-order chi connectivity index (χ1) is 11.1. The van der Waals surface area contributed by atoms with Crippen molar-refractivity contribution in [1.82, 2.24) is 0 Å². The van der Waals surface area contributed by atoms with Crippen LogP contribution in [0.15, 0.2) is 35.7 Å². The molecular weight excluding hydrogens is 318 g/mol. The van der Waals surface area contributed by atoms with Gasteiger partial charge < -0.3 is 19.5 Å². The van der Waals surface area contributed by atoms with Gasteiger partial charge in [-0.15, -0.1) is 11.3 Å². The minimum Gasteiger partial charge on any atom is -0.494 e. The van der Waals surface area contributed by atoms with Gasteiger partial charge in [-0.25, -0.2) is 4.79 Å². The van der Waals surface area contributed by atoms with E-state index in [-0.39, 0.29) is 12.5 Å². The number of ether oxygens (including phenoxy) is 3. The molecule has 2 rings (SSSR count). The molecule has 0 aliphatic rings. The van der Waals surface area contributed by atoms with Gasteiger partial charge in [0.25, 0.3) is 5.91 Å². The monoisotopic (exact) mass is 335 g/mol. The summed E-state index contributed by atoms with van der Waals surface area (Å²) in [7, 11) is 1.29. The van der Waals surface area contributed by atoms with Crippen LogP contribution >= 0.6 is 11.3 Å². The Hall–Kier alpha value is -2.54. The van der Waals surface area contributed by atoms with Crippen molar-refractivity contribution in [2.75, 3.05) is 25.6 Å². The Morgan fingerprint density at radius 3 is 2.35 bits per heavy atom. The van der Waals surface area contributed by atoms with Gasteiger partial charge in [-0.3, -0.25) is 4.79 Å². The average Bonchev–Trinajstić information content (AvgIpc) is 3.02. The van der Waals surface area contributed by atoms with Crippen molar-refractivity contribution < 1.29 is 23.8 Å². The molecule has 0 saturated heterocycles. The Kier molecular flexibility index (Phi) is 5.99. The molecule has 1 heterocycles. The van der Waals surface area contributed by atoms with Crippen LogP contribution in [0.2, 0.25) is 0 Å². The van der Waals surface area contributed by atoms with Crippen LogP contribution in [-0.4, -0.2) is 32.2 Å². The fourth-order valence-corrected chi connectivity index (χ4v) is 2.56. The van der Waals surface area contributed by atoms with Crippen LogP contribution in [0.3, 0.4) is 0 Å². The largest absolute Gasteiger partial charge is 0.494 e.